The zero-order chi connectivity index (χ0) is 12.5. The molecule has 0 aliphatic heterocycles. The molecule has 5 heteroatoms. The lowest BCUT2D eigenvalue weighted by Gasteiger charge is -2.24. The molecule has 0 spiro atoms. The Morgan fingerprint density at radius 1 is 1.18 bits per heavy atom. The molecule has 0 bridgehead atoms. The van der Waals surface area contributed by atoms with E-state index in [0.717, 1.165) is 42.5 Å². The normalized spacial score (nSPS) is 16.0. The van der Waals surface area contributed by atoms with Gasteiger partial charge in [0, 0.05) is 23.6 Å². The van der Waals surface area contributed by atoms with Gasteiger partial charge < -0.3 is 4.90 Å². The van der Waals surface area contributed by atoms with Gasteiger partial charge in [-0.3, -0.25) is 0 Å². The second-order valence-corrected chi connectivity index (χ2v) is 4.95. The topological polar surface area (TPSA) is 3.24 Å². The molecular weight excluding hydrogens is 295 g/mol. The average molecular weight is 308 g/mol. The number of alkyl halides is 4. The summed E-state index contributed by atoms with van der Waals surface area (Å²) in [6.45, 7) is 0.829. The molecule has 0 amide bonds. The highest BCUT2D eigenvalue weighted by Gasteiger charge is 2.32. The summed E-state index contributed by atoms with van der Waals surface area (Å²) in [4.78, 5) is 2.16. The van der Waals surface area contributed by atoms with Gasteiger partial charge in [0.15, 0.2) is 0 Å². The Kier molecular flexibility index (Phi) is 3.66. The zero-order valence-electron chi connectivity index (χ0n) is 9.17. The molecule has 1 aliphatic rings. The molecule has 1 aromatic carbocycles. The van der Waals surface area contributed by atoms with Crippen molar-refractivity contribution in [1.29, 1.82) is 0 Å². The number of rotatable bonds is 4. The first-order valence-electron chi connectivity index (χ1n) is 5.52. The maximum absolute atomic E-state index is 12.4. The lowest BCUT2D eigenvalue weighted by atomic mass is 10.2. The Hall–Kier alpha value is -0.710. The third kappa shape index (κ3) is 3.15. The van der Waals surface area contributed by atoms with Crippen molar-refractivity contribution in [2.24, 2.45) is 0 Å². The van der Waals surface area contributed by atoms with E-state index in [2.05, 4.69) is 20.8 Å². The Balaban J connectivity index is 2.15. The van der Waals surface area contributed by atoms with Gasteiger partial charge in [-0.05, 0) is 37.1 Å². The molecule has 1 aliphatic carbocycles. The molecule has 0 atom stereocenters. The van der Waals surface area contributed by atoms with Crippen molar-refractivity contribution in [2.45, 2.75) is 25.1 Å². The van der Waals surface area contributed by atoms with Crippen LogP contribution in [0.25, 0.3) is 0 Å². The molecule has 0 aromatic heterocycles. The molecule has 17 heavy (non-hydrogen) atoms. The van der Waals surface area contributed by atoms with Gasteiger partial charge in [0.1, 0.15) is 0 Å². The Morgan fingerprint density at radius 3 is 2.18 bits per heavy atom. The molecule has 0 heterocycles. The van der Waals surface area contributed by atoms with Gasteiger partial charge in [0.05, 0.1) is 5.56 Å². The molecule has 1 aromatic rings. The molecule has 1 fully saturated rings. The van der Waals surface area contributed by atoms with Crippen LogP contribution >= 0.6 is 15.9 Å². The third-order valence-electron chi connectivity index (χ3n) is 2.84. The summed E-state index contributed by atoms with van der Waals surface area (Å²) >= 11 is 3.37. The van der Waals surface area contributed by atoms with E-state index in [0.29, 0.717) is 6.04 Å². The Bertz CT molecular complexity index is 370. The quantitative estimate of drug-likeness (QED) is 0.758. The van der Waals surface area contributed by atoms with Gasteiger partial charge >= 0.3 is 6.18 Å². The van der Waals surface area contributed by atoms with Crippen LogP contribution in [0.15, 0.2) is 24.3 Å². The fraction of sp³-hybridized carbons (Fsp3) is 0.500. The highest BCUT2D eigenvalue weighted by molar-refractivity contribution is 9.09. The van der Waals surface area contributed by atoms with Crippen molar-refractivity contribution in [3.8, 4) is 0 Å². The molecule has 1 nitrogen and oxygen atoms in total. The van der Waals surface area contributed by atoms with Crippen LogP contribution in [0.2, 0.25) is 0 Å². The molecule has 0 radical (unpaired) electrons. The van der Waals surface area contributed by atoms with Crippen molar-refractivity contribution in [3.05, 3.63) is 29.8 Å². The minimum absolute atomic E-state index is 0.504. The van der Waals surface area contributed by atoms with E-state index in [1.807, 2.05) is 0 Å². The van der Waals surface area contributed by atoms with Crippen LogP contribution in [0.3, 0.4) is 0 Å². The van der Waals surface area contributed by atoms with Gasteiger partial charge in [-0.1, -0.05) is 15.9 Å². The van der Waals surface area contributed by atoms with E-state index >= 15 is 0 Å². The van der Waals surface area contributed by atoms with Crippen LogP contribution in [0.5, 0.6) is 0 Å². The van der Waals surface area contributed by atoms with E-state index < -0.39 is 11.7 Å². The largest absolute Gasteiger partial charge is 0.416 e. The maximum atomic E-state index is 12.4. The van der Waals surface area contributed by atoms with E-state index in [1.54, 1.807) is 12.1 Å². The first-order chi connectivity index (χ1) is 8.02. The van der Waals surface area contributed by atoms with Crippen LogP contribution in [0, 0.1) is 0 Å². The number of hydrogen-bond donors (Lipinski definition) is 0. The molecule has 0 saturated heterocycles. The van der Waals surface area contributed by atoms with Gasteiger partial charge in [-0.25, -0.2) is 0 Å². The summed E-state index contributed by atoms with van der Waals surface area (Å²) in [5.74, 6) is 0. The summed E-state index contributed by atoms with van der Waals surface area (Å²) < 4.78 is 37.3. The molecule has 94 valence electrons. The summed E-state index contributed by atoms with van der Waals surface area (Å²) in [7, 11) is 0. The SMILES string of the molecule is FC(F)(F)c1ccc(N(CCBr)C2CC2)cc1. The van der Waals surface area contributed by atoms with Gasteiger partial charge in [-0.2, -0.15) is 13.2 Å². The summed E-state index contributed by atoms with van der Waals surface area (Å²) in [6.07, 6.45) is -1.99. The van der Waals surface area contributed by atoms with Crippen molar-refractivity contribution in [1.82, 2.24) is 0 Å². The first kappa shape index (κ1) is 12.7. The van der Waals surface area contributed by atoms with E-state index in [1.165, 1.54) is 0 Å². The monoisotopic (exact) mass is 307 g/mol. The number of benzene rings is 1. The number of halogens is 4. The lowest BCUT2D eigenvalue weighted by Crippen LogP contribution is -2.27. The zero-order valence-corrected chi connectivity index (χ0v) is 10.8. The standard InChI is InChI=1S/C12H13BrF3N/c13-7-8-17(11-5-6-11)10-3-1-9(2-4-10)12(14,15)16/h1-4,11H,5-8H2. The molecule has 0 unspecified atom stereocenters. The second-order valence-electron chi connectivity index (χ2n) is 4.16. The maximum Gasteiger partial charge on any atom is 0.416 e. The lowest BCUT2D eigenvalue weighted by molar-refractivity contribution is -0.137. The van der Waals surface area contributed by atoms with E-state index in [-0.39, 0.29) is 0 Å². The van der Waals surface area contributed by atoms with Crippen molar-refractivity contribution in [3.63, 3.8) is 0 Å². The van der Waals surface area contributed by atoms with E-state index in [9.17, 15) is 13.2 Å². The van der Waals surface area contributed by atoms with E-state index in [4.69, 9.17) is 0 Å². The van der Waals surface area contributed by atoms with Crippen molar-refractivity contribution < 1.29 is 13.2 Å². The molecule has 1 saturated carbocycles. The number of anilines is 1. The van der Waals surface area contributed by atoms with Crippen molar-refractivity contribution in [2.75, 3.05) is 16.8 Å². The second kappa shape index (κ2) is 4.88. The van der Waals surface area contributed by atoms with Gasteiger partial charge in [-0.15, -0.1) is 0 Å². The predicted molar refractivity (Wildman–Crippen MR) is 65.6 cm³/mol. The predicted octanol–water partition coefficient (Wildman–Crippen LogP) is 4.07. The van der Waals surface area contributed by atoms with Crippen molar-refractivity contribution >= 4 is 21.6 Å². The highest BCUT2D eigenvalue weighted by atomic mass is 79.9. The molecular formula is C12H13BrF3N. The van der Waals surface area contributed by atoms with Gasteiger partial charge in [0.25, 0.3) is 0 Å². The van der Waals surface area contributed by atoms with Crippen LogP contribution < -0.4 is 4.90 Å². The minimum atomic E-state index is -4.25. The highest BCUT2D eigenvalue weighted by Crippen LogP contribution is 2.34. The first-order valence-corrected chi connectivity index (χ1v) is 6.64. The summed E-state index contributed by atoms with van der Waals surface area (Å²) in [5, 5.41) is 0.824. The van der Waals surface area contributed by atoms with Crippen LogP contribution in [0.4, 0.5) is 18.9 Å². The van der Waals surface area contributed by atoms with Crippen LogP contribution in [0.1, 0.15) is 18.4 Å². The summed E-state index contributed by atoms with van der Waals surface area (Å²) in [5.41, 5.74) is 0.288. The Labute approximate surface area is 107 Å². The minimum Gasteiger partial charge on any atom is -0.368 e. The Morgan fingerprint density at radius 2 is 1.76 bits per heavy atom. The fourth-order valence-corrected chi connectivity index (χ4v) is 2.22. The fourth-order valence-electron chi connectivity index (χ4n) is 1.84. The molecule has 2 rings (SSSR count). The summed E-state index contributed by atoms with van der Waals surface area (Å²) in [6, 6.07) is 5.93. The molecule has 0 N–H and O–H groups in total. The average Bonchev–Trinajstić information content (AvgIpc) is 3.09. The van der Waals surface area contributed by atoms with Crippen LogP contribution in [-0.4, -0.2) is 17.9 Å². The smallest absolute Gasteiger partial charge is 0.368 e. The third-order valence-corrected chi connectivity index (χ3v) is 3.19. The van der Waals surface area contributed by atoms with Crippen LogP contribution in [-0.2, 0) is 6.18 Å². The number of nitrogens with zero attached hydrogens (tertiary/aromatic N) is 1. The number of hydrogen-bond acceptors (Lipinski definition) is 1. The van der Waals surface area contributed by atoms with Gasteiger partial charge in [0.2, 0.25) is 0 Å².